The monoisotopic (exact) mass is 467 g/mol. The molecule has 0 aliphatic carbocycles. The molecule has 1 saturated heterocycles. The highest BCUT2D eigenvalue weighted by Crippen LogP contribution is 2.30. The van der Waals surface area contributed by atoms with E-state index in [-0.39, 0.29) is 12.5 Å². The largest absolute Gasteiger partial charge is 0.497 e. The van der Waals surface area contributed by atoms with Crippen LogP contribution in [0.1, 0.15) is 44.4 Å². The van der Waals surface area contributed by atoms with Crippen molar-refractivity contribution >= 4 is 23.8 Å². The van der Waals surface area contributed by atoms with Crippen LogP contribution in [0.25, 0.3) is 0 Å². The van der Waals surface area contributed by atoms with Gasteiger partial charge in [-0.1, -0.05) is 42.5 Å². The summed E-state index contributed by atoms with van der Waals surface area (Å²) in [6.07, 6.45) is -0.376. The molecule has 3 rings (SSSR count). The SMILES string of the molecule is COc1ccc(C2(C)NC(=O)N(CC(=O)NC(CC(=O)OC(C)C)c3ccccc3)C2=O)cc1. The van der Waals surface area contributed by atoms with Crippen molar-refractivity contribution in [3.05, 3.63) is 65.7 Å². The normalized spacial score (nSPS) is 18.4. The van der Waals surface area contributed by atoms with Crippen LogP contribution in [0.15, 0.2) is 54.6 Å². The third kappa shape index (κ3) is 5.54. The lowest BCUT2D eigenvalue weighted by molar-refractivity contribution is -0.148. The molecule has 0 aromatic heterocycles. The summed E-state index contributed by atoms with van der Waals surface area (Å²) in [6.45, 7) is 4.58. The van der Waals surface area contributed by atoms with Gasteiger partial charge in [0.1, 0.15) is 17.8 Å². The molecule has 9 heteroatoms. The van der Waals surface area contributed by atoms with Crippen LogP contribution in [0.4, 0.5) is 4.79 Å². The maximum absolute atomic E-state index is 13.1. The van der Waals surface area contributed by atoms with Gasteiger partial charge in [-0.2, -0.15) is 0 Å². The number of esters is 1. The third-order valence-electron chi connectivity index (χ3n) is 5.52. The van der Waals surface area contributed by atoms with Crippen molar-refractivity contribution in [3.63, 3.8) is 0 Å². The fraction of sp³-hybridized carbons (Fsp3) is 0.360. The highest BCUT2D eigenvalue weighted by molar-refractivity contribution is 6.09. The molecule has 0 radical (unpaired) electrons. The first-order valence-electron chi connectivity index (χ1n) is 11.0. The van der Waals surface area contributed by atoms with E-state index in [0.717, 1.165) is 4.90 Å². The van der Waals surface area contributed by atoms with Crippen molar-refractivity contribution in [3.8, 4) is 5.75 Å². The van der Waals surface area contributed by atoms with Crippen molar-refractivity contribution in [2.45, 2.75) is 44.9 Å². The maximum Gasteiger partial charge on any atom is 0.325 e. The van der Waals surface area contributed by atoms with E-state index in [1.807, 2.05) is 6.07 Å². The highest BCUT2D eigenvalue weighted by atomic mass is 16.5. The summed E-state index contributed by atoms with van der Waals surface area (Å²) in [7, 11) is 1.53. The molecular formula is C25H29N3O6. The molecule has 180 valence electrons. The summed E-state index contributed by atoms with van der Waals surface area (Å²) in [5.74, 6) is -0.975. The van der Waals surface area contributed by atoms with E-state index in [1.165, 1.54) is 7.11 Å². The predicted octanol–water partition coefficient (Wildman–Crippen LogP) is 2.66. The zero-order valence-corrected chi connectivity index (χ0v) is 19.7. The summed E-state index contributed by atoms with van der Waals surface area (Å²) >= 11 is 0. The minimum Gasteiger partial charge on any atom is -0.497 e. The third-order valence-corrected chi connectivity index (χ3v) is 5.52. The smallest absolute Gasteiger partial charge is 0.325 e. The van der Waals surface area contributed by atoms with Gasteiger partial charge in [0.25, 0.3) is 5.91 Å². The molecule has 1 heterocycles. The van der Waals surface area contributed by atoms with Crippen LogP contribution in [-0.2, 0) is 24.7 Å². The van der Waals surface area contributed by atoms with Crippen LogP contribution < -0.4 is 15.4 Å². The maximum atomic E-state index is 13.1. The van der Waals surface area contributed by atoms with E-state index in [1.54, 1.807) is 69.3 Å². The summed E-state index contributed by atoms with van der Waals surface area (Å²) in [6, 6.07) is 14.4. The fourth-order valence-corrected chi connectivity index (χ4v) is 3.76. The first-order chi connectivity index (χ1) is 16.1. The molecule has 9 nitrogen and oxygen atoms in total. The van der Waals surface area contributed by atoms with Gasteiger partial charge in [0.2, 0.25) is 5.91 Å². The number of nitrogens with one attached hydrogen (secondary N) is 2. The lowest BCUT2D eigenvalue weighted by Crippen LogP contribution is -2.44. The number of urea groups is 1. The molecule has 0 spiro atoms. The van der Waals surface area contributed by atoms with Crippen LogP contribution in [0.3, 0.4) is 0 Å². The zero-order chi connectivity index (χ0) is 24.9. The van der Waals surface area contributed by atoms with Gasteiger partial charge >= 0.3 is 12.0 Å². The minimum absolute atomic E-state index is 0.0857. The van der Waals surface area contributed by atoms with Gasteiger partial charge in [-0.25, -0.2) is 4.79 Å². The van der Waals surface area contributed by atoms with Crippen molar-refractivity contribution in [2.75, 3.05) is 13.7 Å². The molecule has 0 bridgehead atoms. The molecule has 1 fully saturated rings. The van der Waals surface area contributed by atoms with E-state index in [9.17, 15) is 19.2 Å². The second-order valence-electron chi connectivity index (χ2n) is 8.45. The highest BCUT2D eigenvalue weighted by Gasteiger charge is 2.49. The van der Waals surface area contributed by atoms with Gasteiger partial charge in [-0.15, -0.1) is 0 Å². The van der Waals surface area contributed by atoms with Crippen LogP contribution in [0, 0.1) is 0 Å². The number of amides is 4. The Morgan fingerprint density at radius 2 is 1.71 bits per heavy atom. The van der Waals surface area contributed by atoms with Crippen molar-refractivity contribution in [1.82, 2.24) is 15.5 Å². The van der Waals surface area contributed by atoms with Gasteiger partial charge in [0.15, 0.2) is 0 Å². The lowest BCUT2D eigenvalue weighted by atomic mass is 9.92. The van der Waals surface area contributed by atoms with E-state index in [2.05, 4.69) is 10.6 Å². The molecule has 0 saturated carbocycles. The Morgan fingerprint density at radius 3 is 2.29 bits per heavy atom. The average Bonchev–Trinajstić information content (AvgIpc) is 3.02. The van der Waals surface area contributed by atoms with Crippen LogP contribution >= 0.6 is 0 Å². The first kappa shape index (κ1) is 24.8. The van der Waals surface area contributed by atoms with E-state index in [0.29, 0.717) is 16.9 Å². The van der Waals surface area contributed by atoms with Gasteiger partial charge < -0.3 is 20.1 Å². The number of methoxy groups -OCH3 is 1. The number of rotatable bonds is 9. The van der Waals surface area contributed by atoms with E-state index < -0.39 is 41.9 Å². The Hall–Kier alpha value is -3.88. The quantitative estimate of drug-likeness (QED) is 0.433. The molecule has 4 amide bonds. The Balaban J connectivity index is 1.73. The molecular weight excluding hydrogens is 438 g/mol. The molecule has 1 aliphatic heterocycles. The minimum atomic E-state index is -1.32. The van der Waals surface area contributed by atoms with Crippen LogP contribution in [-0.4, -0.2) is 48.5 Å². The van der Waals surface area contributed by atoms with Crippen molar-refractivity contribution in [2.24, 2.45) is 0 Å². The number of benzene rings is 2. The number of imide groups is 1. The number of hydrogen-bond acceptors (Lipinski definition) is 6. The molecule has 2 aromatic rings. The average molecular weight is 468 g/mol. The summed E-state index contributed by atoms with van der Waals surface area (Å²) in [5.41, 5.74) is -0.0474. The van der Waals surface area contributed by atoms with E-state index in [4.69, 9.17) is 9.47 Å². The first-order valence-corrected chi connectivity index (χ1v) is 11.0. The van der Waals surface area contributed by atoms with Gasteiger partial charge in [0.05, 0.1) is 25.7 Å². The predicted molar refractivity (Wildman–Crippen MR) is 124 cm³/mol. The molecule has 2 aromatic carbocycles. The summed E-state index contributed by atoms with van der Waals surface area (Å²) in [4.78, 5) is 51.7. The zero-order valence-electron chi connectivity index (χ0n) is 19.7. The van der Waals surface area contributed by atoms with E-state index >= 15 is 0 Å². The Morgan fingerprint density at radius 1 is 1.06 bits per heavy atom. The number of carbonyl (C=O) groups excluding carboxylic acids is 4. The Kier molecular flexibility index (Phi) is 7.55. The number of nitrogens with zero attached hydrogens (tertiary/aromatic N) is 1. The number of ether oxygens (including phenoxy) is 2. The van der Waals surface area contributed by atoms with Crippen LogP contribution in [0.2, 0.25) is 0 Å². The standard InChI is InChI=1S/C25H29N3O6/c1-16(2)34-22(30)14-20(17-8-6-5-7-9-17)26-21(29)15-28-23(31)25(3,27-24(28)32)18-10-12-19(33-4)13-11-18/h5-13,16,20H,14-15H2,1-4H3,(H,26,29)(H,27,32). The van der Waals surface area contributed by atoms with Gasteiger partial charge in [-0.3, -0.25) is 19.3 Å². The summed E-state index contributed by atoms with van der Waals surface area (Å²) < 4.78 is 10.4. The number of hydrogen-bond donors (Lipinski definition) is 2. The number of carbonyl (C=O) groups is 4. The topological polar surface area (TPSA) is 114 Å². The molecule has 1 aliphatic rings. The Bertz CT molecular complexity index is 1050. The summed E-state index contributed by atoms with van der Waals surface area (Å²) in [5, 5.41) is 5.43. The molecule has 2 N–H and O–H groups in total. The molecule has 34 heavy (non-hydrogen) atoms. The Labute approximate surface area is 198 Å². The van der Waals surface area contributed by atoms with Crippen molar-refractivity contribution in [1.29, 1.82) is 0 Å². The molecule has 2 unspecified atom stereocenters. The van der Waals surface area contributed by atoms with Crippen molar-refractivity contribution < 1.29 is 28.7 Å². The lowest BCUT2D eigenvalue weighted by Gasteiger charge is -2.23. The second kappa shape index (κ2) is 10.4. The van der Waals surface area contributed by atoms with Crippen LogP contribution in [0.5, 0.6) is 5.75 Å². The van der Waals surface area contributed by atoms with Gasteiger partial charge in [-0.05, 0) is 44.0 Å². The van der Waals surface area contributed by atoms with Gasteiger partial charge in [0, 0.05) is 0 Å². The fourth-order valence-electron chi connectivity index (χ4n) is 3.76. The second-order valence-corrected chi connectivity index (χ2v) is 8.45. The molecule has 2 atom stereocenters.